The number of carbonyl (C=O) groups is 2. The summed E-state index contributed by atoms with van der Waals surface area (Å²) < 4.78 is 5.59. The SMILES string of the molecule is CCCCN1CCC(CNC(=O)[C@H]2OCC(=O)N[C@@H]2c2ccccc2)CC1. The number of piperidine rings is 1. The predicted molar refractivity (Wildman–Crippen MR) is 104 cm³/mol. The number of nitrogens with zero attached hydrogens (tertiary/aromatic N) is 1. The molecule has 0 radical (unpaired) electrons. The minimum atomic E-state index is -0.685. The molecule has 6 heteroatoms. The van der Waals surface area contributed by atoms with Crippen molar-refractivity contribution in [2.45, 2.75) is 44.8 Å². The summed E-state index contributed by atoms with van der Waals surface area (Å²) in [6.07, 6.45) is 4.04. The van der Waals surface area contributed by atoms with Gasteiger partial charge in [0.05, 0.1) is 6.04 Å². The number of morpholine rings is 1. The van der Waals surface area contributed by atoms with Crippen LogP contribution < -0.4 is 10.6 Å². The van der Waals surface area contributed by atoms with Crippen LogP contribution in [-0.4, -0.2) is 55.6 Å². The zero-order valence-electron chi connectivity index (χ0n) is 16.2. The molecular formula is C21H31N3O3. The monoisotopic (exact) mass is 373 g/mol. The minimum absolute atomic E-state index is 0.0722. The van der Waals surface area contributed by atoms with Crippen molar-refractivity contribution >= 4 is 11.8 Å². The van der Waals surface area contributed by atoms with Crippen molar-refractivity contribution in [2.24, 2.45) is 5.92 Å². The zero-order valence-corrected chi connectivity index (χ0v) is 16.2. The Hall–Kier alpha value is -1.92. The molecule has 0 aliphatic carbocycles. The molecule has 0 unspecified atom stereocenters. The number of rotatable bonds is 7. The fourth-order valence-electron chi connectivity index (χ4n) is 3.84. The number of carbonyl (C=O) groups excluding carboxylic acids is 2. The van der Waals surface area contributed by atoms with Crippen LogP contribution in [0.2, 0.25) is 0 Å². The Kier molecular flexibility index (Phi) is 7.24. The molecule has 2 heterocycles. The highest BCUT2D eigenvalue weighted by molar-refractivity contribution is 5.86. The number of hydrogen-bond acceptors (Lipinski definition) is 4. The van der Waals surface area contributed by atoms with Crippen molar-refractivity contribution in [2.75, 3.05) is 32.8 Å². The van der Waals surface area contributed by atoms with E-state index in [1.165, 1.54) is 19.4 Å². The molecule has 2 fully saturated rings. The van der Waals surface area contributed by atoms with Gasteiger partial charge in [0, 0.05) is 6.54 Å². The molecule has 2 saturated heterocycles. The van der Waals surface area contributed by atoms with Crippen molar-refractivity contribution in [1.29, 1.82) is 0 Å². The van der Waals surface area contributed by atoms with E-state index < -0.39 is 12.1 Å². The molecule has 148 valence electrons. The average Bonchev–Trinajstić information content (AvgIpc) is 2.72. The van der Waals surface area contributed by atoms with Crippen LogP contribution in [-0.2, 0) is 14.3 Å². The summed E-state index contributed by atoms with van der Waals surface area (Å²) in [6, 6.07) is 9.09. The summed E-state index contributed by atoms with van der Waals surface area (Å²) in [5.74, 6) is 0.185. The maximum Gasteiger partial charge on any atom is 0.251 e. The van der Waals surface area contributed by atoms with E-state index in [1.807, 2.05) is 30.3 Å². The number of unbranched alkanes of at least 4 members (excludes halogenated alkanes) is 1. The highest BCUT2D eigenvalue weighted by atomic mass is 16.5. The summed E-state index contributed by atoms with van der Waals surface area (Å²) in [5, 5.41) is 5.96. The molecule has 2 aliphatic rings. The van der Waals surface area contributed by atoms with E-state index in [1.54, 1.807) is 0 Å². The number of amides is 2. The summed E-state index contributed by atoms with van der Waals surface area (Å²) in [6.45, 7) is 6.24. The van der Waals surface area contributed by atoms with Gasteiger partial charge in [-0.1, -0.05) is 43.7 Å². The van der Waals surface area contributed by atoms with Crippen LogP contribution in [0.1, 0.15) is 44.2 Å². The Morgan fingerprint density at radius 3 is 2.70 bits per heavy atom. The quantitative estimate of drug-likeness (QED) is 0.766. The van der Waals surface area contributed by atoms with Gasteiger partial charge >= 0.3 is 0 Å². The van der Waals surface area contributed by atoms with Crippen LogP contribution in [0.5, 0.6) is 0 Å². The van der Waals surface area contributed by atoms with Gasteiger partial charge in [-0.05, 0) is 50.4 Å². The van der Waals surface area contributed by atoms with E-state index >= 15 is 0 Å². The van der Waals surface area contributed by atoms with E-state index in [9.17, 15) is 9.59 Å². The smallest absolute Gasteiger partial charge is 0.251 e. The lowest BCUT2D eigenvalue weighted by molar-refractivity contribution is -0.148. The Labute approximate surface area is 161 Å². The summed E-state index contributed by atoms with van der Waals surface area (Å²) >= 11 is 0. The summed E-state index contributed by atoms with van der Waals surface area (Å²) in [5.41, 5.74) is 0.884. The molecular weight excluding hydrogens is 342 g/mol. The Bertz CT molecular complexity index is 614. The highest BCUT2D eigenvalue weighted by Gasteiger charge is 2.36. The van der Waals surface area contributed by atoms with Gasteiger partial charge in [0.15, 0.2) is 6.10 Å². The lowest BCUT2D eigenvalue weighted by atomic mass is 9.95. The van der Waals surface area contributed by atoms with Crippen molar-refractivity contribution in [3.8, 4) is 0 Å². The lowest BCUT2D eigenvalue weighted by Gasteiger charge is -2.34. The molecule has 3 rings (SSSR count). The maximum atomic E-state index is 12.7. The van der Waals surface area contributed by atoms with Crippen molar-refractivity contribution < 1.29 is 14.3 Å². The van der Waals surface area contributed by atoms with E-state index in [2.05, 4.69) is 22.5 Å². The van der Waals surface area contributed by atoms with Gasteiger partial charge in [0.1, 0.15) is 6.61 Å². The van der Waals surface area contributed by atoms with Gasteiger partial charge in [-0.15, -0.1) is 0 Å². The first-order valence-corrected chi connectivity index (χ1v) is 10.1. The molecule has 6 nitrogen and oxygen atoms in total. The first-order chi connectivity index (χ1) is 13.2. The molecule has 2 amide bonds. The zero-order chi connectivity index (χ0) is 19.1. The second kappa shape index (κ2) is 9.85. The standard InChI is InChI=1S/C21H31N3O3/c1-2-3-11-24-12-9-16(10-13-24)14-22-21(26)20-19(23-18(25)15-27-20)17-7-5-4-6-8-17/h4-8,16,19-20H,2-3,9-15H2,1H3,(H,22,26)(H,23,25)/t19-,20+/m1/s1. The fourth-order valence-corrected chi connectivity index (χ4v) is 3.84. The van der Waals surface area contributed by atoms with Crippen LogP contribution in [0.4, 0.5) is 0 Å². The molecule has 2 N–H and O–H groups in total. The van der Waals surface area contributed by atoms with Crippen LogP contribution in [0, 0.1) is 5.92 Å². The molecule has 1 aromatic rings. The van der Waals surface area contributed by atoms with Crippen LogP contribution in [0.3, 0.4) is 0 Å². The largest absolute Gasteiger partial charge is 0.356 e. The van der Waals surface area contributed by atoms with Crippen molar-refractivity contribution in [3.63, 3.8) is 0 Å². The summed E-state index contributed by atoms with van der Waals surface area (Å²) in [4.78, 5) is 27.0. The van der Waals surface area contributed by atoms with E-state index in [0.29, 0.717) is 12.5 Å². The molecule has 2 atom stereocenters. The minimum Gasteiger partial charge on any atom is -0.356 e. The summed E-state index contributed by atoms with van der Waals surface area (Å²) in [7, 11) is 0. The van der Waals surface area contributed by atoms with E-state index in [0.717, 1.165) is 31.5 Å². The van der Waals surface area contributed by atoms with Crippen LogP contribution in [0.25, 0.3) is 0 Å². The van der Waals surface area contributed by atoms with Crippen LogP contribution >= 0.6 is 0 Å². The topological polar surface area (TPSA) is 70.7 Å². The number of nitrogens with one attached hydrogen (secondary N) is 2. The van der Waals surface area contributed by atoms with Crippen molar-refractivity contribution in [3.05, 3.63) is 35.9 Å². The van der Waals surface area contributed by atoms with Crippen molar-refractivity contribution in [1.82, 2.24) is 15.5 Å². The third kappa shape index (κ3) is 5.53. The maximum absolute atomic E-state index is 12.7. The third-order valence-corrected chi connectivity index (χ3v) is 5.53. The van der Waals surface area contributed by atoms with Gasteiger partial charge in [0.2, 0.25) is 5.91 Å². The Morgan fingerprint density at radius 2 is 2.00 bits per heavy atom. The molecule has 27 heavy (non-hydrogen) atoms. The van der Waals surface area contributed by atoms with Gasteiger partial charge < -0.3 is 20.3 Å². The molecule has 0 saturated carbocycles. The fraction of sp³-hybridized carbons (Fsp3) is 0.619. The molecule has 0 bridgehead atoms. The first kappa shape index (κ1) is 19.8. The van der Waals surface area contributed by atoms with Crippen LogP contribution in [0.15, 0.2) is 30.3 Å². The molecule has 2 aliphatic heterocycles. The average molecular weight is 373 g/mol. The van der Waals surface area contributed by atoms with Gasteiger partial charge in [0.25, 0.3) is 5.91 Å². The number of likely N-dealkylation sites (tertiary alicyclic amines) is 1. The van der Waals surface area contributed by atoms with E-state index in [4.69, 9.17) is 4.74 Å². The lowest BCUT2D eigenvalue weighted by Crippen LogP contribution is -2.53. The van der Waals surface area contributed by atoms with E-state index in [-0.39, 0.29) is 18.4 Å². The number of ether oxygens (including phenoxy) is 1. The number of hydrogen-bond donors (Lipinski definition) is 2. The second-order valence-corrected chi connectivity index (χ2v) is 7.57. The Morgan fingerprint density at radius 1 is 1.26 bits per heavy atom. The Balaban J connectivity index is 1.50. The van der Waals surface area contributed by atoms with Gasteiger partial charge in [-0.3, -0.25) is 9.59 Å². The molecule has 1 aromatic carbocycles. The van der Waals surface area contributed by atoms with Gasteiger partial charge in [-0.25, -0.2) is 0 Å². The predicted octanol–water partition coefficient (Wildman–Crippen LogP) is 1.87. The molecule has 0 spiro atoms. The highest BCUT2D eigenvalue weighted by Crippen LogP contribution is 2.23. The van der Waals surface area contributed by atoms with Gasteiger partial charge in [-0.2, -0.15) is 0 Å². The normalized spacial score (nSPS) is 24.4. The number of benzene rings is 1. The first-order valence-electron chi connectivity index (χ1n) is 10.1. The molecule has 0 aromatic heterocycles. The second-order valence-electron chi connectivity index (χ2n) is 7.57. The third-order valence-electron chi connectivity index (χ3n) is 5.53.